The molecule has 0 aliphatic carbocycles. The van der Waals surface area contributed by atoms with Crippen LogP contribution >= 0.6 is 11.3 Å². The van der Waals surface area contributed by atoms with E-state index in [4.69, 9.17) is 4.74 Å². The van der Waals surface area contributed by atoms with Gasteiger partial charge in [-0.05, 0) is 66.4 Å². The van der Waals surface area contributed by atoms with E-state index >= 15 is 0 Å². The molecular formula is C29H25FN2O4S. The number of carbonyl (C=O) groups excluding carboxylic acids is 2. The van der Waals surface area contributed by atoms with Crippen molar-refractivity contribution in [1.29, 1.82) is 0 Å². The molecule has 2 heterocycles. The molecule has 1 amide bonds. The van der Waals surface area contributed by atoms with Crippen molar-refractivity contribution < 1.29 is 23.8 Å². The van der Waals surface area contributed by atoms with Crippen LogP contribution in [0.15, 0.2) is 72.3 Å². The predicted octanol–water partition coefficient (Wildman–Crippen LogP) is 6.58. The summed E-state index contributed by atoms with van der Waals surface area (Å²) in [6, 6.07) is 17.6. The molecule has 1 saturated heterocycles. The molecule has 37 heavy (non-hydrogen) atoms. The zero-order valence-corrected chi connectivity index (χ0v) is 21.4. The fourth-order valence-corrected chi connectivity index (χ4v) is 5.45. The first-order valence-electron chi connectivity index (χ1n) is 12.0. The summed E-state index contributed by atoms with van der Waals surface area (Å²) in [4.78, 5) is 32.6. The highest BCUT2D eigenvalue weighted by atomic mass is 32.1. The molecule has 0 spiro atoms. The van der Waals surface area contributed by atoms with E-state index in [9.17, 15) is 19.1 Å². The molecular weight excluding hydrogens is 491 g/mol. The number of hydrogen-bond acceptors (Lipinski definition) is 6. The number of aromatic nitrogens is 1. The van der Waals surface area contributed by atoms with Gasteiger partial charge < -0.3 is 9.84 Å². The van der Waals surface area contributed by atoms with Gasteiger partial charge in [0.1, 0.15) is 17.3 Å². The Morgan fingerprint density at radius 2 is 1.78 bits per heavy atom. The fraction of sp³-hybridized carbons (Fsp3) is 0.207. The van der Waals surface area contributed by atoms with Crippen molar-refractivity contribution in [3.05, 3.63) is 94.8 Å². The molecule has 0 unspecified atom stereocenters. The number of thiazole rings is 1. The Kier molecular flexibility index (Phi) is 6.52. The van der Waals surface area contributed by atoms with Gasteiger partial charge in [-0.25, -0.2) is 9.37 Å². The van der Waals surface area contributed by atoms with Gasteiger partial charge in [0.2, 0.25) is 0 Å². The minimum absolute atomic E-state index is 0.0307. The van der Waals surface area contributed by atoms with E-state index in [-0.39, 0.29) is 16.5 Å². The minimum Gasteiger partial charge on any atom is -0.507 e. The van der Waals surface area contributed by atoms with Crippen LogP contribution in [-0.4, -0.2) is 28.4 Å². The molecule has 188 valence electrons. The Morgan fingerprint density at radius 1 is 1.08 bits per heavy atom. The van der Waals surface area contributed by atoms with E-state index in [1.165, 1.54) is 23.1 Å². The van der Waals surface area contributed by atoms with Crippen molar-refractivity contribution in [3.63, 3.8) is 0 Å². The van der Waals surface area contributed by atoms with E-state index < -0.39 is 23.5 Å². The first-order valence-corrected chi connectivity index (χ1v) is 12.8. The number of aliphatic hydroxyl groups is 1. The molecule has 1 N–H and O–H groups in total. The number of halogens is 1. The van der Waals surface area contributed by atoms with Crippen molar-refractivity contribution in [2.75, 3.05) is 11.5 Å². The molecule has 1 atom stereocenters. The number of benzene rings is 3. The monoisotopic (exact) mass is 516 g/mol. The van der Waals surface area contributed by atoms with Crippen LogP contribution in [0.3, 0.4) is 0 Å². The lowest BCUT2D eigenvalue weighted by Gasteiger charge is -2.23. The SMILES string of the molecule is CCOc1ccc(/C(O)=C2\C(=O)C(=O)N(c3nc4ccc(F)cc4s3)[C@H]2c2ccc(C(C)C)cc2)cc1. The quantitative estimate of drug-likeness (QED) is 0.178. The average Bonchev–Trinajstić information content (AvgIpc) is 3.42. The van der Waals surface area contributed by atoms with E-state index in [2.05, 4.69) is 18.8 Å². The summed E-state index contributed by atoms with van der Waals surface area (Å²) in [5, 5.41) is 11.6. The molecule has 3 aromatic carbocycles. The second-order valence-corrected chi connectivity index (χ2v) is 10.1. The van der Waals surface area contributed by atoms with Crippen LogP contribution in [0, 0.1) is 5.82 Å². The zero-order valence-electron chi connectivity index (χ0n) is 20.6. The van der Waals surface area contributed by atoms with Crippen LogP contribution in [0.25, 0.3) is 16.0 Å². The lowest BCUT2D eigenvalue weighted by Crippen LogP contribution is -2.29. The van der Waals surface area contributed by atoms with Gasteiger partial charge >= 0.3 is 5.91 Å². The summed E-state index contributed by atoms with van der Waals surface area (Å²) in [7, 11) is 0. The highest BCUT2D eigenvalue weighted by molar-refractivity contribution is 7.22. The van der Waals surface area contributed by atoms with E-state index in [1.54, 1.807) is 24.3 Å². The van der Waals surface area contributed by atoms with Gasteiger partial charge in [0.25, 0.3) is 5.78 Å². The number of ether oxygens (including phenoxy) is 1. The van der Waals surface area contributed by atoms with Crippen LogP contribution in [0.2, 0.25) is 0 Å². The van der Waals surface area contributed by atoms with Crippen LogP contribution < -0.4 is 9.64 Å². The topological polar surface area (TPSA) is 79.7 Å². The third-order valence-electron chi connectivity index (χ3n) is 6.35. The fourth-order valence-electron chi connectivity index (χ4n) is 4.43. The van der Waals surface area contributed by atoms with Crippen LogP contribution in [0.5, 0.6) is 5.75 Å². The number of fused-ring (bicyclic) bond motifs is 1. The van der Waals surface area contributed by atoms with Crippen LogP contribution in [0.1, 0.15) is 49.4 Å². The third kappa shape index (κ3) is 4.49. The Bertz CT molecular complexity index is 1520. The predicted molar refractivity (Wildman–Crippen MR) is 143 cm³/mol. The van der Waals surface area contributed by atoms with Gasteiger partial charge in [0, 0.05) is 5.56 Å². The highest BCUT2D eigenvalue weighted by Crippen LogP contribution is 2.44. The molecule has 1 fully saturated rings. The number of carbonyl (C=O) groups is 2. The number of nitrogens with zero attached hydrogens (tertiary/aromatic N) is 2. The summed E-state index contributed by atoms with van der Waals surface area (Å²) in [5.74, 6) is -1.39. The Morgan fingerprint density at radius 3 is 2.43 bits per heavy atom. The first-order chi connectivity index (χ1) is 17.8. The second-order valence-electron chi connectivity index (χ2n) is 9.06. The zero-order chi connectivity index (χ0) is 26.3. The maximum atomic E-state index is 13.8. The van der Waals surface area contributed by atoms with Gasteiger partial charge in [0.05, 0.1) is 28.4 Å². The molecule has 0 saturated carbocycles. The number of rotatable bonds is 6. The molecule has 4 aromatic rings. The van der Waals surface area contributed by atoms with Crippen LogP contribution in [0.4, 0.5) is 9.52 Å². The van der Waals surface area contributed by atoms with E-state index in [0.29, 0.717) is 39.6 Å². The Hall–Kier alpha value is -4.04. The molecule has 1 aromatic heterocycles. The molecule has 1 aliphatic rings. The summed E-state index contributed by atoms with van der Waals surface area (Å²) in [6.07, 6.45) is 0. The maximum Gasteiger partial charge on any atom is 0.301 e. The molecule has 5 rings (SSSR count). The molecule has 6 nitrogen and oxygen atoms in total. The molecule has 0 radical (unpaired) electrons. The largest absolute Gasteiger partial charge is 0.507 e. The van der Waals surface area contributed by atoms with Crippen molar-refractivity contribution >= 4 is 44.1 Å². The smallest absolute Gasteiger partial charge is 0.301 e. The Balaban J connectivity index is 1.68. The number of aliphatic hydroxyl groups excluding tert-OH is 1. The normalized spacial score (nSPS) is 17.2. The van der Waals surface area contributed by atoms with Crippen LogP contribution in [-0.2, 0) is 9.59 Å². The summed E-state index contributed by atoms with van der Waals surface area (Å²) >= 11 is 1.12. The number of Topliss-reactive ketones (excluding diaryl/α,β-unsaturated/α-hetero) is 1. The molecule has 8 heteroatoms. The third-order valence-corrected chi connectivity index (χ3v) is 7.36. The number of amides is 1. The standard InChI is InChI=1S/C29H25FN2O4S/c1-4-36-21-12-9-19(10-13-21)26(33)24-25(18-7-5-17(6-8-18)16(2)3)32(28(35)27(24)34)29-31-22-14-11-20(30)15-23(22)37-29/h5-16,25,33H,4H2,1-3H3/b26-24+/t25-/m0/s1. The summed E-state index contributed by atoms with van der Waals surface area (Å²) in [6.45, 7) is 6.52. The maximum absolute atomic E-state index is 13.8. The lowest BCUT2D eigenvalue weighted by molar-refractivity contribution is -0.132. The number of anilines is 1. The molecule has 0 bridgehead atoms. The lowest BCUT2D eigenvalue weighted by atomic mass is 9.93. The van der Waals surface area contributed by atoms with Crippen molar-refractivity contribution in [2.45, 2.75) is 32.7 Å². The van der Waals surface area contributed by atoms with E-state index in [1.807, 2.05) is 31.2 Å². The van der Waals surface area contributed by atoms with Crippen molar-refractivity contribution in [1.82, 2.24) is 4.98 Å². The minimum atomic E-state index is -0.904. The first kappa shape index (κ1) is 24.6. The summed E-state index contributed by atoms with van der Waals surface area (Å²) in [5.41, 5.74) is 2.63. The van der Waals surface area contributed by atoms with Crippen molar-refractivity contribution in [2.24, 2.45) is 0 Å². The Labute approximate surface area is 217 Å². The van der Waals surface area contributed by atoms with Gasteiger partial charge in [-0.1, -0.05) is 49.4 Å². The van der Waals surface area contributed by atoms with Gasteiger partial charge in [0.15, 0.2) is 5.13 Å². The van der Waals surface area contributed by atoms with Gasteiger partial charge in [-0.2, -0.15) is 0 Å². The van der Waals surface area contributed by atoms with Gasteiger partial charge in [-0.3, -0.25) is 14.5 Å². The van der Waals surface area contributed by atoms with Crippen molar-refractivity contribution in [3.8, 4) is 5.75 Å². The highest BCUT2D eigenvalue weighted by Gasteiger charge is 2.48. The molecule has 1 aliphatic heterocycles. The second kappa shape index (κ2) is 9.78. The van der Waals surface area contributed by atoms with E-state index in [0.717, 1.165) is 16.9 Å². The average molecular weight is 517 g/mol. The number of hydrogen-bond donors (Lipinski definition) is 1. The van der Waals surface area contributed by atoms with Gasteiger partial charge in [-0.15, -0.1) is 0 Å². The summed E-state index contributed by atoms with van der Waals surface area (Å²) < 4.78 is 19.9. The number of ketones is 1.